The fourth-order valence-corrected chi connectivity index (χ4v) is 3.37. The Kier molecular flexibility index (Phi) is 4.51. The van der Waals surface area contributed by atoms with Crippen molar-refractivity contribution in [2.24, 2.45) is 11.8 Å². The van der Waals surface area contributed by atoms with Crippen LogP contribution >= 0.6 is 0 Å². The summed E-state index contributed by atoms with van der Waals surface area (Å²) < 4.78 is 0. The predicted molar refractivity (Wildman–Crippen MR) is 75.5 cm³/mol. The van der Waals surface area contributed by atoms with Gasteiger partial charge in [-0.05, 0) is 37.5 Å². The number of hydrogen-bond donors (Lipinski definition) is 2. The number of carbonyl (C=O) groups excluding carboxylic acids is 1. The smallest absolute Gasteiger partial charge is 0.241 e. The maximum Gasteiger partial charge on any atom is 0.241 e. The zero-order valence-corrected chi connectivity index (χ0v) is 12.6. The highest BCUT2D eigenvalue weighted by Gasteiger charge is 2.45. The van der Waals surface area contributed by atoms with Crippen LogP contribution in [-0.4, -0.2) is 40.3 Å². The fraction of sp³-hybridized carbons (Fsp3) is 0.933. The van der Waals surface area contributed by atoms with Gasteiger partial charge in [0.15, 0.2) is 0 Å². The molecule has 2 atom stereocenters. The Bertz CT molecular complexity index is 322. The van der Waals surface area contributed by atoms with Crippen molar-refractivity contribution in [3.05, 3.63) is 0 Å². The summed E-state index contributed by atoms with van der Waals surface area (Å²) in [5.41, 5.74) is 0. The second-order valence-corrected chi connectivity index (χ2v) is 6.79. The molecule has 2 aliphatic rings. The van der Waals surface area contributed by atoms with Crippen LogP contribution in [0.1, 0.15) is 53.4 Å². The third-order valence-corrected chi connectivity index (χ3v) is 4.53. The lowest BCUT2D eigenvalue weighted by molar-refractivity contribution is -0.134. The minimum atomic E-state index is -0.166. The molecule has 2 unspecified atom stereocenters. The molecule has 0 radical (unpaired) electrons. The Morgan fingerprint density at radius 3 is 2.16 bits per heavy atom. The summed E-state index contributed by atoms with van der Waals surface area (Å²) >= 11 is 0. The minimum Gasteiger partial charge on any atom is -0.393 e. The lowest BCUT2D eigenvalue weighted by Crippen LogP contribution is -2.48. The van der Waals surface area contributed by atoms with E-state index in [1.165, 1.54) is 0 Å². The number of aliphatic hydroxyl groups is 1. The van der Waals surface area contributed by atoms with Crippen molar-refractivity contribution in [1.82, 2.24) is 10.2 Å². The highest BCUT2D eigenvalue weighted by atomic mass is 16.3. The summed E-state index contributed by atoms with van der Waals surface area (Å²) in [4.78, 5) is 14.7. The summed E-state index contributed by atoms with van der Waals surface area (Å²) in [6, 6.07) is 0.263. The van der Waals surface area contributed by atoms with Gasteiger partial charge in [0.2, 0.25) is 5.91 Å². The fourth-order valence-electron chi connectivity index (χ4n) is 3.37. The Balaban J connectivity index is 2.13. The van der Waals surface area contributed by atoms with Gasteiger partial charge in [-0.15, -0.1) is 0 Å². The van der Waals surface area contributed by atoms with E-state index in [4.69, 9.17) is 0 Å². The van der Waals surface area contributed by atoms with E-state index >= 15 is 0 Å². The van der Waals surface area contributed by atoms with Gasteiger partial charge < -0.3 is 10.0 Å². The Morgan fingerprint density at radius 2 is 1.68 bits per heavy atom. The molecule has 0 spiro atoms. The van der Waals surface area contributed by atoms with Gasteiger partial charge in [0.25, 0.3) is 0 Å². The van der Waals surface area contributed by atoms with Gasteiger partial charge in [-0.1, -0.05) is 27.7 Å². The number of carbonyl (C=O) groups is 1. The zero-order valence-electron chi connectivity index (χ0n) is 12.6. The topological polar surface area (TPSA) is 52.6 Å². The molecule has 0 bridgehead atoms. The summed E-state index contributed by atoms with van der Waals surface area (Å²) in [7, 11) is 0. The van der Waals surface area contributed by atoms with E-state index in [0.717, 1.165) is 25.7 Å². The van der Waals surface area contributed by atoms with E-state index in [2.05, 4.69) is 37.9 Å². The van der Waals surface area contributed by atoms with Crippen molar-refractivity contribution in [1.29, 1.82) is 0 Å². The van der Waals surface area contributed by atoms with E-state index in [0.29, 0.717) is 17.9 Å². The van der Waals surface area contributed by atoms with Crippen molar-refractivity contribution in [2.45, 2.75) is 77.7 Å². The second-order valence-electron chi connectivity index (χ2n) is 6.79. The molecule has 4 nitrogen and oxygen atoms in total. The van der Waals surface area contributed by atoms with Crippen LogP contribution in [0.4, 0.5) is 0 Å². The molecule has 19 heavy (non-hydrogen) atoms. The third kappa shape index (κ3) is 2.95. The maximum absolute atomic E-state index is 12.6. The van der Waals surface area contributed by atoms with Crippen LogP contribution in [-0.2, 0) is 4.79 Å². The SMILES string of the molecule is CC(C)C1NC(C(C)C)N(C2CCC(O)CC2)C1=O. The van der Waals surface area contributed by atoms with Gasteiger partial charge in [0.05, 0.1) is 18.3 Å². The van der Waals surface area contributed by atoms with Crippen molar-refractivity contribution < 1.29 is 9.90 Å². The quantitative estimate of drug-likeness (QED) is 0.819. The van der Waals surface area contributed by atoms with Crippen LogP contribution in [0, 0.1) is 11.8 Å². The molecule has 2 fully saturated rings. The molecule has 0 aromatic heterocycles. The van der Waals surface area contributed by atoms with Gasteiger partial charge in [-0.3, -0.25) is 10.1 Å². The Hall–Kier alpha value is -0.610. The molecule has 1 aliphatic carbocycles. The lowest BCUT2D eigenvalue weighted by Gasteiger charge is -2.38. The van der Waals surface area contributed by atoms with E-state index in [9.17, 15) is 9.90 Å². The van der Waals surface area contributed by atoms with Crippen LogP contribution < -0.4 is 5.32 Å². The highest BCUT2D eigenvalue weighted by Crippen LogP contribution is 2.30. The maximum atomic E-state index is 12.6. The number of amides is 1. The summed E-state index contributed by atoms with van der Waals surface area (Å²) in [6.45, 7) is 8.53. The number of hydrogen-bond acceptors (Lipinski definition) is 3. The van der Waals surface area contributed by atoms with Crippen LogP contribution in [0.3, 0.4) is 0 Å². The van der Waals surface area contributed by atoms with Crippen LogP contribution in [0.5, 0.6) is 0 Å². The summed E-state index contributed by atoms with van der Waals surface area (Å²) in [5.74, 6) is 1.00. The third-order valence-electron chi connectivity index (χ3n) is 4.53. The average Bonchev–Trinajstić information content (AvgIpc) is 2.68. The van der Waals surface area contributed by atoms with Crippen molar-refractivity contribution >= 4 is 5.91 Å². The van der Waals surface area contributed by atoms with Crippen LogP contribution in [0.15, 0.2) is 0 Å². The average molecular weight is 268 g/mol. The number of aliphatic hydroxyl groups excluding tert-OH is 1. The van der Waals surface area contributed by atoms with E-state index in [1.54, 1.807) is 0 Å². The molecule has 0 aromatic rings. The monoisotopic (exact) mass is 268 g/mol. The zero-order chi connectivity index (χ0) is 14.2. The van der Waals surface area contributed by atoms with E-state index in [-0.39, 0.29) is 24.2 Å². The standard InChI is InChI=1S/C15H28N2O2/c1-9(2)13-15(19)17(14(16-13)10(3)4)11-5-7-12(18)8-6-11/h9-14,16,18H,5-8H2,1-4H3. The van der Waals surface area contributed by atoms with Gasteiger partial charge in [0.1, 0.15) is 0 Å². The van der Waals surface area contributed by atoms with Crippen LogP contribution in [0.25, 0.3) is 0 Å². The largest absolute Gasteiger partial charge is 0.393 e. The summed E-state index contributed by atoms with van der Waals surface area (Å²) in [6.07, 6.45) is 3.50. The van der Waals surface area contributed by atoms with E-state index < -0.39 is 0 Å². The molecular formula is C15H28N2O2. The second kappa shape index (κ2) is 5.80. The molecular weight excluding hydrogens is 240 g/mol. The molecule has 2 rings (SSSR count). The van der Waals surface area contributed by atoms with E-state index in [1.807, 2.05) is 0 Å². The number of nitrogens with zero attached hydrogens (tertiary/aromatic N) is 1. The molecule has 1 heterocycles. The summed E-state index contributed by atoms with van der Waals surface area (Å²) in [5, 5.41) is 13.1. The highest BCUT2D eigenvalue weighted by molar-refractivity contribution is 5.85. The van der Waals surface area contributed by atoms with Gasteiger partial charge in [-0.2, -0.15) is 0 Å². The van der Waals surface area contributed by atoms with Gasteiger partial charge >= 0.3 is 0 Å². The Labute approximate surface area is 116 Å². The lowest BCUT2D eigenvalue weighted by atomic mass is 9.91. The molecule has 1 aliphatic heterocycles. The Morgan fingerprint density at radius 1 is 1.11 bits per heavy atom. The normalized spacial score (nSPS) is 36.6. The van der Waals surface area contributed by atoms with Crippen molar-refractivity contribution in [2.75, 3.05) is 0 Å². The van der Waals surface area contributed by atoms with Crippen LogP contribution in [0.2, 0.25) is 0 Å². The first-order chi connectivity index (χ1) is 8.91. The molecule has 1 saturated heterocycles. The first-order valence-electron chi connectivity index (χ1n) is 7.68. The van der Waals surface area contributed by atoms with Crippen molar-refractivity contribution in [3.63, 3.8) is 0 Å². The molecule has 0 aromatic carbocycles. The molecule has 110 valence electrons. The number of rotatable bonds is 3. The number of nitrogens with one attached hydrogen (secondary N) is 1. The predicted octanol–water partition coefficient (Wildman–Crippen LogP) is 1.73. The van der Waals surface area contributed by atoms with Gasteiger partial charge in [0, 0.05) is 6.04 Å². The van der Waals surface area contributed by atoms with Gasteiger partial charge in [-0.25, -0.2) is 0 Å². The molecule has 1 saturated carbocycles. The minimum absolute atomic E-state index is 0.0424. The molecule has 4 heteroatoms. The van der Waals surface area contributed by atoms with Crippen molar-refractivity contribution in [3.8, 4) is 0 Å². The first-order valence-corrected chi connectivity index (χ1v) is 7.68. The first kappa shape index (κ1) is 14.8. The molecule has 1 amide bonds. The molecule has 2 N–H and O–H groups in total.